The van der Waals surface area contributed by atoms with E-state index >= 15 is 0 Å². The summed E-state index contributed by atoms with van der Waals surface area (Å²) in [5.74, 6) is -0.107. The van der Waals surface area contributed by atoms with Crippen molar-refractivity contribution in [2.75, 3.05) is 44.3 Å². The van der Waals surface area contributed by atoms with Gasteiger partial charge in [-0.05, 0) is 43.9 Å². The van der Waals surface area contributed by atoms with E-state index in [-0.39, 0.29) is 37.0 Å². The van der Waals surface area contributed by atoms with Gasteiger partial charge in [0.05, 0.1) is 11.8 Å². The molecular weight excluding hydrogens is 362 g/mol. The Morgan fingerprint density at radius 3 is 2.75 bits per heavy atom. The first kappa shape index (κ1) is 18.7. The summed E-state index contributed by atoms with van der Waals surface area (Å²) >= 11 is 0. The minimum absolute atomic E-state index is 0.0429. The third kappa shape index (κ3) is 3.96. The lowest BCUT2D eigenvalue weighted by Gasteiger charge is -2.29. The van der Waals surface area contributed by atoms with Crippen LogP contribution >= 0.6 is 0 Å². The highest BCUT2D eigenvalue weighted by Crippen LogP contribution is 2.33. The predicted molar refractivity (Wildman–Crippen MR) is 101 cm³/mol. The fourth-order valence-electron chi connectivity index (χ4n) is 3.84. The number of fused-ring (bicyclic) bond motifs is 1. The summed E-state index contributed by atoms with van der Waals surface area (Å²) in [5, 5.41) is 2.83. The van der Waals surface area contributed by atoms with Crippen LogP contribution in [0.25, 0.3) is 0 Å². The highest BCUT2D eigenvalue weighted by molar-refractivity contribution is 6.04. The Labute approximate surface area is 163 Å². The molecular formula is C20H25N3O5. The first-order valence-corrected chi connectivity index (χ1v) is 9.86. The van der Waals surface area contributed by atoms with Crippen LogP contribution in [0.4, 0.5) is 5.69 Å². The van der Waals surface area contributed by atoms with Crippen molar-refractivity contribution in [1.29, 1.82) is 0 Å². The number of rotatable bonds is 5. The van der Waals surface area contributed by atoms with Crippen molar-refractivity contribution >= 4 is 23.4 Å². The molecule has 1 aromatic rings. The van der Waals surface area contributed by atoms with Crippen LogP contribution in [0.1, 0.15) is 36.0 Å². The summed E-state index contributed by atoms with van der Waals surface area (Å²) in [6.45, 7) is 2.44. The van der Waals surface area contributed by atoms with E-state index in [2.05, 4.69) is 5.32 Å². The molecule has 3 amide bonds. The molecule has 2 saturated heterocycles. The molecule has 0 unspecified atom stereocenters. The number of anilines is 1. The van der Waals surface area contributed by atoms with Crippen LogP contribution in [0.5, 0.6) is 5.75 Å². The van der Waals surface area contributed by atoms with Gasteiger partial charge in [-0.1, -0.05) is 0 Å². The van der Waals surface area contributed by atoms with Crippen LogP contribution in [0.15, 0.2) is 18.2 Å². The lowest BCUT2D eigenvalue weighted by Crippen LogP contribution is -2.46. The van der Waals surface area contributed by atoms with E-state index in [4.69, 9.17) is 9.47 Å². The van der Waals surface area contributed by atoms with Crippen molar-refractivity contribution in [3.05, 3.63) is 23.8 Å². The van der Waals surface area contributed by atoms with Gasteiger partial charge in [0, 0.05) is 31.8 Å². The number of benzene rings is 1. The lowest BCUT2D eigenvalue weighted by molar-refractivity contribution is -0.125. The molecule has 3 aliphatic heterocycles. The molecule has 28 heavy (non-hydrogen) atoms. The number of nitrogens with one attached hydrogen (secondary N) is 1. The topological polar surface area (TPSA) is 88.2 Å². The van der Waals surface area contributed by atoms with Gasteiger partial charge < -0.3 is 19.7 Å². The Kier molecular flexibility index (Phi) is 5.47. The number of carbonyl (C=O) groups excluding carboxylic acids is 3. The van der Waals surface area contributed by atoms with Gasteiger partial charge in [0.2, 0.25) is 5.91 Å². The number of hydrogen-bond acceptors (Lipinski definition) is 5. The zero-order valence-electron chi connectivity index (χ0n) is 15.8. The van der Waals surface area contributed by atoms with Crippen molar-refractivity contribution < 1.29 is 23.9 Å². The van der Waals surface area contributed by atoms with Gasteiger partial charge in [0.1, 0.15) is 12.3 Å². The molecule has 2 fully saturated rings. The highest BCUT2D eigenvalue weighted by atomic mass is 16.5. The minimum atomic E-state index is -0.300. The summed E-state index contributed by atoms with van der Waals surface area (Å²) in [6, 6.07) is 5.06. The van der Waals surface area contributed by atoms with Crippen molar-refractivity contribution in [3.8, 4) is 5.75 Å². The Balaban J connectivity index is 1.47. The fourth-order valence-corrected chi connectivity index (χ4v) is 3.84. The normalized spacial score (nSPS) is 21.4. The average Bonchev–Trinajstić information content (AvgIpc) is 3.42. The molecule has 0 saturated carbocycles. The molecule has 1 N–H and O–H groups in total. The zero-order chi connectivity index (χ0) is 19.5. The molecule has 0 bridgehead atoms. The molecule has 0 aromatic heterocycles. The highest BCUT2D eigenvalue weighted by Gasteiger charge is 2.29. The van der Waals surface area contributed by atoms with Gasteiger partial charge in [0.25, 0.3) is 11.8 Å². The van der Waals surface area contributed by atoms with E-state index in [1.165, 1.54) is 4.90 Å². The molecule has 8 heteroatoms. The quantitative estimate of drug-likeness (QED) is 0.813. The zero-order valence-corrected chi connectivity index (χ0v) is 15.8. The number of carbonyl (C=O) groups is 3. The monoisotopic (exact) mass is 387 g/mol. The smallest absolute Gasteiger partial charge is 0.265 e. The first-order valence-electron chi connectivity index (χ1n) is 9.86. The summed E-state index contributed by atoms with van der Waals surface area (Å²) in [7, 11) is 0. The average molecular weight is 387 g/mol. The SMILES string of the molecule is O=C(CN1C(=O)COc2ccc(C(=O)N3CCCC3)cc21)NC[C@@H]1CCCO1. The molecule has 0 aliphatic carbocycles. The van der Waals surface area contributed by atoms with Crippen LogP contribution in [-0.4, -0.2) is 68.1 Å². The fraction of sp³-hybridized carbons (Fsp3) is 0.550. The number of amides is 3. The van der Waals surface area contributed by atoms with Gasteiger partial charge in [-0.3, -0.25) is 19.3 Å². The van der Waals surface area contributed by atoms with E-state index in [9.17, 15) is 14.4 Å². The van der Waals surface area contributed by atoms with Gasteiger partial charge >= 0.3 is 0 Å². The Bertz CT molecular complexity index is 769. The van der Waals surface area contributed by atoms with Crippen LogP contribution in [0.3, 0.4) is 0 Å². The number of hydrogen-bond donors (Lipinski definition) is 1. The van der Waals surface area contributed by atoms with Crippen molar-refractivity contribution in [3.63, 3.8) is 0 Å². The largest absolute Gasteiger partial charge is 0.482 e. The third-order valence-corrected chi connectivity index (χ3v) is 5.39. The summed E-state index contributed by atoms with van der Waals surface area (Å²) < 4.78 is 11.0. The molecule has 1 atom stereocenters. The van der Waals surface area contributed by atoms with Gasteiger partial charge in [-0.25, -0.2) is 0 Å². The van der Waals surface area contributed by atoms with Gasteiger partial charge in [0.15, 0.2) is 6.61 Å². The second-order valence-electron chi connectivity index (χ2n) is 7.39. The van der Waals surface area contributed by atoms with E-state index < -0.39 is 0 Å². The van der Waals surface area contributed by atoms with Gasteiger partial charge in [-0.15, -0.1) is 0 Å². The number of ether oxygens (including phenoxy) is 2. The Hall–Kier alpha value is -2.61. The molecule has 8 nitrogen and oxygen atoms in total. The first-order chi connectivity index (χ1) is 13.6. The predicted octanol–water partition coefficient (Wildman–Crippen LogP) is 0.943. The summed E-state index contributed by atoms with van der Waals surface area (Å²) in [4.78, 5) is 40.7. The van der Waals surface area contributed by atoms with Crippen molar-refractivity contribution in [2.45, 2.75) is 31.8 Å². The lowest BCUT2D eigenvalue weighted by atomic mass is 10.1. The van der Waals surface area contributed by atoms with E-state index in [0.717, 1.165) is 45.4 Å². The Morgan fingerprint density at radius 2 is 2.00 bits per heavy atom. The van der Waals surface area contributed by atoms with E-state index in [1.54, 1.807) is 18.2 Å². The van der Waals surface area contributed by atoms with Crippen LogP contribution in [0.2, 0.25) is 0 Å². The minimum Gasteiger partial charge on any atom is -0.482 e. The van der Waals surface area contributed by atoms with Crippen LogP contribution in [-0.2, 0) is 14.3 Å². The van der Waals surface area contributed by atoms with E-state index in [1.807, 2.05) is 4.90 Å². The molecule has 0 radical (unpaired) electrons. The molecule has 150 valence electrons. The maximum atomic E-state index is 12.7. The Morgan fingerprint density at radius 1 is 1.18 bits per heavy atom. The standard InChI is InChI=1S/C20H25N3O5/c24-18(21-11-15-4-3-9-27-15)12-23-16-10-14(20(26)22-7-1-2-8-22)5-6-17(16)28-13-19(23)25/h5-6,10,15H,1-4,7-9,11-13H2,(H,21,24)/t15-/m0/s1. The van der Waals surface area contributed by atoms with E-state index in [0.29, 0.717) is 23.5 Å². The molecule has 1 aromatic carbocycles. The number of likely N-dealkylation sites (tertiary alicyclic amines) is 1. The second kappa shape index (κ2) is 8.18. The summed E-state index contributed by atoms with van der Waals surface area (Å²) in [5.41, 5.74) is 0.970. The maximum absolute atomic E-state index is 12.7. The molecule has 4 rings (SSSR count). The van der Waals surface area contributed by atoms with Crippen molar-refractivity contribution in [1.82, 2.24) is 10.2 Å². The van der Waals surface area contributed by atoms with Crippen molar-refractivity contribution in [2.24, 2.45) is 0 Å². The second-order valence-corrected chi connectivity index (χ2v) is 7.39. The molecule has 0 spiro atoms. The molecule has 3 aliphatic rings. The van der Waals surface area contributed by atoms with Crippen LogP contribution in [0, 0.1) is 0 Å². The maximum Gasteiger partial charge on any atom is 0.265 e. The number of nitrogens with zero attached hydrogens (tertiary/aromatic N) is 2. The third-order valence-electron chi connectivity index (χ3n) is 5.39. The molecule has 3 heterocycles. The van der Waals surface area contributed by atoms with Gasteiger partial charge in [-0.2, -0.15) is 0 Å². The van der Waals surface area contributed by atoms with Crippen LogP contribution < -0.4 is 15.0 Å². The summed E-state index contributed by atoms with van der Waals surface area (Å²) in [6.07, 6.45) is 4.00.